The highest BCUT2D eigenvalue weighted by molar-refractivity contribution is 5.92. The SMILES string of the molecule is N#Cc1ccc(C(=O)NCCC(F)(F)F)nc1. The number of pyridine rings is 1. The van der Waals surface area contributed by atoms with Crippen LogP contribution < -0.4 is 5.32 Å². The first-order chi connectivity index (χ1) is 7.92. The average Bonchev–Trinajstić information content (AvgIpc) is 2.27. The number of nitrogens with one attached hydrogen (secondary N) is 1. The fourth-order valence-electron chi connectivity index (χ4n) is 1.00. The molecule has 0 aliphatic carbocycles. The number of carbonyl (C=O) groups excluding carboxylic acids is 1. The summed E-state index contributed by atoms with van der Waals surface area (Å²) in [5.41, 5.74) is 0.253. The topological polar surface area (TPSA) is 65.8 Å². The zero-order valence-corrected chi connectivity index (χ0v) is 8.58. The molecule has 0 aliphatic heterocycles. The maximum atomic E-state index is 11.8. The van der Waals surface area contributed by atoms with Crippen LogP contribution in [0.1, 0.15) is 22.5 Å². The fraction of sp³-hybridized carbons (Fsp3) is 0.300. The van der Waals surface area contributed by atoms with Crippen LogP contribution in [0.15, 0.2) is 18.3 Å². The Kier molecular flexibility index (Phi) is 4.04. The number of carbonyl (C=O) groups is 1. The highest BCUT2D eigenvalue weighted by Gasteiger charge is 2.26. The van der Waals surface area contributed by atoms with Crippen LogP contribution >= 0.6 is 0 Å². The summed E-state index contributed by atoms with van der Waals surface area (Å²) in [6.07, 6.45) is -4.21. The number of amides is 1. The second-order valence-electron chi connectivity index (χ2n) is 3.16. The summed E-state index contributed by atoms with van der Waals surface area (Å²) in [5, 5.41) is 10.6. The van der Waals surface area contributed by atoms with E-state index in [1.807, 2.05) is 6.07 Å². The van der Waals surface area contributed by atoms with Crippen molar-refractivity contribution in [3.63, 3.8) is 0 Å². The second-order valence-corrected chi connectivity index (χ2v) is 3.16. The maximum absolute atomic E-state index is 11.8. The summed E-state index contributed by atoms with van der Waals surface area (Å²) in [5.74, 6) is -0.696. The minimum absolute atomic E-state index is 0.0221. The van der Waals surface area contributed by atoms with Crippen molar-refractivity contribution < 1.29 is 18.0 Å². The molecule has 7 heteroatoms. The van der Waals surface area contributed by atoms with E-state index in [1.54, 1.807) is 0 Å². The van der Waals surface area contributed by atoms with Crippen molar-refractivity contribution in [3.8, 4) is 6.07 Å². The second kappa shape index (κ2) is 5.30. The van der Waals surface area contributed by atoms with Gasteiger partial charge in [-0.3, -0.25) is 4.79 Å². The van der Waals surface area contributed by atoms with Crippen molar-refractivity contribution in [2.75, 3.05) is 6.54 Å². The number of hydrogen-bond acceptors (Lipinski definition) is 3. The van der Waals surface area contributed by atoms with Crippen LogP contribution in [-0.4, -0.2) is 23.6 Å². The highest BCUT2D eigenvalue weighted by Crippen LogP contribution is 2.18. The van der Waals surface area contributed by atoms with Crippen LogP contribution in [0.25, 0.3) is 0 Å². The van der Waals surface area contributed by atoms with Crippen LogP contribution in [0.5, 0.6) is 0 Å². The van der Waals surface area contributed by atoms with Gasteiger partial charge in [0.25, 0.3) is 5.91 Å². The molecule has 0 atom stereocenters. The first-order valence-corrected chi connectivity index (χ1v) is 4.63. The van der Waals surface area contributed by atoms with E-state index in [0.717, 1.165) is 0 Å². The monoisotopic (exact) mass is 243 g/mol. The van der Waals surface area contributed by atoms with Crippen LogP contribution in [0.3, 0.4) is 0 Å². The zero-order valence-electron chi connectivity index (χ0n) is 8.58. The van der Waals surface area contributed by atoms with Gasteiger partial charge in [-0.1, -0.05) is 0 Å². The van der Waals surface area contributed by atoms with Gasteiger partial charge in [-0.2, -0.15) is 18.4 Å². The minimum atomic E-state index is -4.30. The predicted molar refractivity (Wildman–Crippen MR) is 52.0 cm³/mol. The molecule has 17 heavy (non-hydrogen) atoms. The number of rotatable bonds is 3. The van der Waals surface area contributed by atoms with Gasteiger partial charge in [0.15, 0.2) is 0 Å². The largest absolute Gasteiger partial charge is 0.390 e. The fourth-order valence-corrected chi connectivity index (χ4v) is 1.00. The third-order valence-corrected chi connectivity index (χ3v) is 1.82. The van der Waals surface area contributed by atoms with E-state index < -0.39 is 25.0 Å². The summed E-state index contributed by atoms with van der Waals surface area (Å²) >= 11 is 0. The summed E-state index contributed by atoms with van der Waals surface area (Å²) in [7, 11) is 0. The number of nitriles is 1. The normalized spacial score (nSPS) is 10.7. The van der Waals surface area contributed by atoms with Crippen molar-refractivity contribution in [1.82, 2.24) is 10.3 Å². The zero-order chi connectivity index (χ0) is 12.9. The lowest BCUT2D eigenvalue weighted by atomic mass is 10.2. The Bertz CT molecular complexity index is 434. The molecule has 0 fully saturated rings. The van der Waals surface area contributed by atoms with E-state index in [9.17, 15) is 18.0 Å². The maximum Gasteiger partial charge on any atom is 0.390 e. The Morgan fingerprint density at radius 3 is 2.65 bits per heavy atom. The lowest BCUT2D eigenvalue weighted by Gasteiger charge is -2.07. The predicted octanol–water partition coefficient (Wildman–Crippen LogP) is 1.64. The molecule has 0 radical (unpaired) electrons. The van der Waals surface area contributed by atoms with Gasteiger partial charge in [-0.05, 0) is 12.1 Å². The quantitative estimate of drug-likeness (QED) is 0.877. The molecule has 1 heterocycles. The van der Waals surface area contributed by atoms with Crippen LogP contribution in [0, 0.1) is 11.3 Å². The van der Waals surface area contributed by atoms with E-state index >= 15 is 0 Å². The lowest BCUT2D eigenvalue weighted by Crippen LogP contribution is -2.28. The van der Waals surface area contributed by atoms with Gasteiger partial charge < -0.3 is 5.32 Å². The number of hydrogen-bond donors (Lipinski definition) is 1. The molecule has 1 aromatic rings. The van der Waals surface area contributed by atoms with Gasteiger partial charge in [-0.15, -0.1) is 0 Å². The molecule has 90 valence electrons. The van der Waals surface area contributed by atoms with Gasteiger partial charge in [0.05, 0.1) is 12.0 Å². The molecule has 0 saturated heterocycles. The summed E-state index contributed by atoms with van der Waals surface area (Å²) < 4.78 is 35.4. The molecular weight excluding hydrogens is 235 g/mol. The van der Waals surface area contributed by atoms with Crippen molar-refractivity contribution in [2.45, 2.75) is 12.6 Å². The Balaban J connectivity index is 2.50. The third kappa shape index (κ3) is 4.51. The molecule has 0 spiro atoms. The first-order valence-electron chi connectivity index (χ1n) is 4.63. The van der Waals surface area contributed by atoms with Gasteiger partial charge in [-0.25, -0.2) is 4.98 Å². The highest BCUT2D eigenvalue weighted by atomic mass is 19.4. The van der Waals surface area contributed by atoms with Crippen molar-refractivity contribution in [2.24, 2.45) is 0 Å². The molecule has 0 unspecified atom stereocenters. The molecule has 0 saturated carbocycles. The summed E-state index contributed by atoms with van der Waals surface area (Å²) in [6.45, 7) is -0.496. The van der Waals surface area contributed by atoms with Gasteiger partial charge in [0, 0.05) is 12.7 Å². The van der Waals surface area contributed by atoms with E-state index in [2.05, 4.69) is 10.3 Å². The molecule has 1 N–H and O–H groups in total. The molecule has 0 aliphatic rings. The van der Waals surface area contributed by atoms with Crippen molar-refractivity contribution in [3.05, 3.63) is 29.6 Å². The molecule has 0 bridgehead atoms. The number of aromatic nitrogens is 1. The van der Waals surface area contributed by atoms with Crippen molar-refractivity contribution in [1.29, 1.82) is 5.26 Å². The number of halogens is 3. The van der Waals surface area contributed by atoms with E-state index in [-0.39, 0.29) is 11.3 Å². The molecule has 1 aromatic heterocycles. The molecule has 1 amide bonds. The Morgan fingerprint density at radius 2 is 2.18 bits per heavy atom. The molecule has 1 rings (SSSR count). The van der Waals surface area contributed by atoms with E-state index in [0.29, 0.717) is 0 Å². The Morgan fingerprint density at radius 1 is 1.47 bits per heavy atom. The summed E-state index contributed by atoms with van der Waals surface area (Å²) in [4.78, 5) is 15.0. The van der Waals surface area contributed by atoms with Gasteiger partial charge in [0.2, 0.25) is 0 Å². The van der Waals surface area contributed by atoms with Gasteiger partial charge in [0.1, 0.15) is 11.8 Å². The molecule has 0 aromatic carbocycles. The summed E-state index contributed by atoms with van der Waals surface area (Å²) in [6, 6.07) is 4.46. The smallest absolute Gasteiger partial charge is 0.350 e. The van der Waals surface area contributed by atoms with Crippen LogP contribution in [0.2, 0.25) is 0 Å². The minimum Gasteiger partial charge on any atom is -0.350 e. The van der Waals surface area contributed by atoms with Crippen molar-refractivity contribution >= 4 is 5.91 Å². The van der Waals surface area contributed by atoms with Crippen LogP contribution in [-0.2, 0) is 0 Å². The number of alkyl halides is 3. The molecular formula is C10H8F3N3O. The Labute approximate surface area is 95.1 Å². The van der Waals surface area contributed by atoms with Gasteiger partial charge >= 0.3 is 6.18 Å². The first kappa shape index (κ1) is 13.0. The standard InChI is InChI=1S/C10H8F3N3O/c11-10(12,13)3-4-15-9(17)8-2-1-7(5-14)6-16-8/h1-2,6H,3-4H2,(H,15,17). The Hall–Kier alpha value is -2.10. The third-order valence-electron chi connectivity index (χ3n) is 1.82. The lowest BCUT2D eigenvalue weighted by molar-refractivity contribution is -0.132. The van der Waals surface area contributed by atoms with E-state index in [1.165, 1.54) is 18.3 Å². The number of nitrogens with zero attached hydrogens (tertiary/aromatic N) is 2. The van der Waals surface area contributed by atoms with E-state index in [4.69, 9.17) is 5.26 Å². The average molecular weight is 243 g/mol. The molecule has 4 nitrogen and oxygen atoms in total. The van der Waals surface area contributed by atoms with Crippen LogP contribution in [0.4, 0.5) is 13.2 Å².